The number of hydrogen-bond acceptors (Lipinski definition) is 5. The van der Waals surface area contributed by atoms with Crippen molar-refractivity contribution < 1.29 is 26.4 Å². The summed E-state index contributed by atoms with van der Waals surface area (Å²) in [6, 6.07) is 5.81. The number of nitrogens with zero attached hydrogens (tertiary/aromatic N) is 2. The molecule has 0 aromatic heterocycles. The second-order valence-electron chi connectivity index (χ2n) is 4.88. The number of alkyl halides is 3. The van der Waals surface area contributed by atoms with Crippen LogP contribution in [0.1, 0.15) is 5.56 Å². The molecule has 0 bridgehead atoms. The van der Waals surface area contributed by atoms with Gasteiger partial charge < -0.3 is 5.32 Å². The lowest BCUT2D eigenvalue weighted by Crippen LogP contribution is -2.49. The number of nitrogens with one attached hydrogen (secondary N) is 1. The molecule has 130 valence electrons. The van der Waals surface area contributed by atoms with E-state index < -0.39 is 34.7 Å². The minimum Gasteiger partial charge on any atom is -0.346 e. The number of sulfonamides is 1. The summed E-state index contributed by atoms with van der Waals surface area (Å²) in [5.74, 6) is -0.998. The molecule has 0 aliphatic carbocycles. The number of carbonyl (C=O) groups excluding carboxylic acids is 1. The molecule has 6 nitrogen and oxygen atoms in total. The largest absolute Gasteiger partial charge is 0.405 e. The van der Waals surface area contributed by atoms with Crippen LogP contribution in [0, 0.1) is 11.3 Å². The Kier molecular flexibility index (Phi) is 5.42. The van der Waals surface area contributed by atoms with Gasteiger partial charge in [0.2, 0.25) is 15.9 Å². The third-order valence-electron chi connectivity index (χ3n) is 3.18. The Balaban J connectivity index is 2.22. The monoisotopic (exact) mass is 379 g/mol. The molecule has 1 heterocycles. The molecule has 1 aromatic carbocycles. The zero-order chi connectivity index (χ0) is 18.0. The summed E-state index contributed by atoms with van der Waals surface area (Å²) in [6.07, 6.45) is -4.58. The zero-order valence-electron chi connectivity index (χ0n) is 12.1. The van der Waals surface area contributed by atoms with Gasteiger partial charge in [-0.3, -0.25) is 4.79 Å². The predicted molar refractivity (Wildman–Crippen MR) is 80.4 cm³/mol. The van der Waals surface area contributed by atoms with Crippen molar-refractivity contribution in [3.63, 3.8) is 0 Å². The summed E-state index contributed by atoms with van der Waals surface area (Å²) in [7, 11) is -4.10. The SMILES string of the molecule is N#Cc1cccc(S(=O)(=O)N2CSC[C@H]2C(=O)NCC(F)(F)F)c1. The number of benzene rings is 1. The normalized spacial score (nSPS) is 19.0. The molecule has 1 aliphatic heterocycles. The molecule has 1 saturated heterocycles. The quantitative estimate of drug-likeness (QED) is 0.852. The highest BCUT2D eigenvalue weighted by Gasteiger charge is 2.41. The lowest BCUT2D eigenvalue weighted by Gasteiger charge is -2.22. The first-order valence-electron chi connectivity index (χ1n) is 6.59. The van der Waals surface area contributed by atoms with Crippen LogP contribution in [0.25, 0.3) is 0 Å². The van der Waals surface area contributed by atoms with Gasteiger partial charge in [0.05, 0.1) is 22.4 Å². The number of thioether (sulfide) groups is 1. The van der Waals surface area contributed by atoms with Gasteiger partial charge in [-0.25, -0.2) is 8.42 Å². The van der Waals surface area contributed by atoms with E-state index in [9.17, 15) is 26.4 Å². The fraction of sp³-hybridized carbons (Fsp3) is 0.385. The van der Waals surface area contributed by atoms with Crippen LogP contribution in [0.4, 0.5) is 13.2 Å². The average molecular weight is 379 g/mol. The van der Waals surface area contributed by atoms with Crippen molar-refractivity contribution in [3.8, 4) is 6.07 Å². The predicted octanol–water partition coefficient (Wildman–Crippen LogP) is 1.30. The first kappa shape index (κ1) is 18.6. The van der Waals surface area contributed by atoms with Gasteiger partial charge in [-0.05, 0) is 18.2 Å². The van der Waals surface area contributed by atoms with Gasteiger partial charge in [-0.1, -0.05) is 6.07 Å². The van der Waals surface area contributed by atoms with Gasteiger partial charge in [0.1, 0.15) is 12.6 Å². The van der Waals surface area contributed by atoms with Crippen LogP contribution in [-0.4, -0.2) is 49.0 Å². The molecule has 1 amide bonds. The number of amides is 1. The van der Waals surface area contributed by atoms with E-state index in [2.05, 4.69) is 0 Å². The number of rotatable bonds is 4. The molecule has 1 fully saturated rings. The molecule has 0 saturated carbocycles. The number of carbonyl (C=O) groups is 1. The fourth-order valence-corrected chi connectivity index (χ4v) is 5.23. The topological polar surface area (TPSA) is 90.3 Å². The molecular formula is C13H12F3N3O3S2. The third kappa shape index (κ3) is 4.19. The molecule has 0 unspecified atom stereocenters. The van der Waals surface area contributed by atoms with Gasteiger partial charge in [-0.15, -0.1) is 11.8 Å². The Morgan fingerprint density at radius 1 is 1.46 bits per heavy atom. The lowest BCUT2D eigenvalue weighted by molar-refractivity contribution is -0.140. The van der Waals surface area contributed by atoms with E-state index in [0.29, 0.717) is 0 Å². The van der Waals surface area contributed by atoms with Gasteiger partial charge >= 0.3 is 6.18 Å². The Bertz CT molecular complexity index is 775. The van der Waals surface area contributed by atoms with Crippen molar-refractivity contribution in [3.05, 3.63) is 29.8 Å². The first-order chi connectivity index (χ1) is 11.1. The Morgan fingerprint density at radius 3 is 2.79 bits per heavy atom. The van der Waals surface area contributed by atoms with E-state index in [1.165, 1.54) is 18.2 Å². The Hall–Kier alpha value is -1.77. The minimum absolute atomic E-state index is 0.0524. The summed E-state index contributed by atoms with van der Waals surface area (Å²) in [6.45, 7) is -1.52. The van der Waals surface area contributed by atoms with Gasteiger partial charge in [0.15, 0.2) is 0 Å². The lowest BCUT2D eigenvalue weighted by atomic mass is 10.2. The van der Waals surface area contributed by atoms with E-state index in [-0.39, 0.29) is 22.1 Å². The second kappa shape index (κ2) is 7.00. The minimum atomic E-state index is -4.58. The fourth-order valence-electron chi connectivity index (χ4n) is 2.04. The average Bonchev–Trinajstić information content (AvgIpc) is 3.02. The number of hydrogen-bond donors (Lipinski definition) is 1. The Labute approximate surface area is 140 Å². The molecule has 0 radical (unpaired) electrons. The highest BCUT2D eigenvalue weighted by Crippen LogP contribution is 2.29. The van der Waals surface area contributed by atoms with E-state index >= 15 is 0 Å². The van der Waals surface area contributed by atoms with E-state index in [1.54, 1.807) is 5.32 Å². The van der Waals surface area contributed by atoms with Gasteiger partial charge in [0, 0.05) is 5.75 Å². The summed E-state index contributed by atoms with van der Waals surface area (Å²) in [5, 5.41) is 10.6. The van der Waals surface area contributed by atoms with E-state index in [1.807, 2.05) is 6.07 Å². The van der Waals surface area contributed by atoms with Crippen molar-refractivity contribution in [2.24, 2.45) is 0 Å². The number of nitriles is 1. The van der Waals surface area contributed by atoms with Crippen LogP contribution in [0.2, 0.25) is 0 Å². The molecule has 1 aromatic rings. The van der Waals surface area contributed by atoms with Crippen molar-refractivity contribution >= 4 is 27.7 Å². The zero-order valence-corrected chi connectivity index (χ0v) is 13.7. The van der Waals surface area contributed by atoms with Crippen molar-refractivity contribution in [2.45, 2.75) is 17.1 Å². The van der Waals surface area contributed by atoms with Crippen molar-refractivity contribution in [1.82, 2.24) is 9.62 Å². The maximum Gasteiger partial charge on any atom is 0.405 e. The molecule has 1 atom stereocenters. The van der Waals surface area contributed by atoms with Crippen LogP contribution in [0.3, 0.4) is 0 Å². The van der Waals surface area contributed by atoms with Crippen molar-refractivity contribution in [2.75, 3.05) is 18.2 Å². The molecular weight excluding hydrogens is 367 g/mol. The van der Waals surface area contributed by atoms with Crippen LogP contribution >= 0.6 is 11.8 Å². The van der Waals surface area contributed by atoms with Crippen LogP contribution < -0.4 is 5.32 Å². The highest BCUT2D eigenvalue weighted by atomic mass is 32.2. The number of halogens is 3. The third-order valence-corrected chi connectivity index (χ3v) is 6.20. The van der Waals surface area contributed by atoms with E-state index in [4.69, 9.17) is 5.26 Å². The standard InChI is InChI=1S/C13H12F3N3O3S2/c14-13(15,16)7-18-12(20)11-6-23-8-19(11)24(21,22)10-3-1-2-9(4-10)5-17/h1-4,11H,6-8H2,(H,18,20)/t11-/m0/s1. The van der Waals surface area contributed by atoms with Crippen LogP contribution in [0.15, 0.2) is 29.2 Å². The molecule has 0 spiro atoms. The highest BCUT2D eigenvalue weighted by molar-refractivity contribution is 8.00. The smallest absolute Gasteiger partial charge is 0.346 e. The first-order valence-corrected chi connectivity index (χ1v) is 9.19. The Morgan fingerprint density at radius 2 is 2.17 bits per heavy atom. The summed E-state index contributed by atoms with van der Waals surface area (Å²) >= 11 is 1.12. The van der Waals surface area contributed by atoms with E-state index in [0.717, 1.165) is 22.1 Å². The van der Waals surface area contributed by atoms with Crippen LogP contribution in [-0.2, 0) is 14.8 Å². The summed E-state index contributed by atoms with van der Waals surface area (Å²) in [4.78, 5) is 11.7. The molecule has 11 heteroatoms. The van der Waals surface area contributed by atoms with Gasteiger partial charge in [0.25, 0.3) is 0 Å². The molecule has 1 N–H and O–H groups in total. The van der Waals surface area contributed by atoms with Gasteiger partial charge in [-0.2, -0.15) is 22.7 Å². The summed E-state index contributed by atoms with van der Waals surface area (Å²) in [5.41, 5.74) is 0.126. The molecule has 24 heavy (non-hydrogen) atoms. The second-order valence-corrected chi connectivity index (χ2v) is 7.77. The summed E-state index contributed by atoms with van der Waals surface area (Å²) < 4.78 is 62.7. The maximum atomic E-state index is 12.6. The van der Waals surface area contributed by atoms with Crippen LogP contribution in [0.5, 0.6) is 0 Å². The molecule has 1 aliphatic rings. The maximum absolute atomic E-state index is 12.6. The molecule has 2 rings (SSSR count). The van der Waals surface area contributed by atoms with Crippen molar-refractivity contribution in [1.29, 1.82) is 5.26 Å².